The van der Waals surface area contributed by atoms with Gasteiger partial charge in [-0.1, -0.05) is 37.3 Å². The van der Waals surface area contributed by atoms with E-state index >= 15 is 0 Å². The first-order valence-corrected chi connectivity index (χ1v) is 7.22. The summed E-state index contributed by atoms with van der Waals surface area (Å²) in [5, 5.41) is 0. The Morgan fingerprint density at radius 3 is 2.44 bits per heavy atom. The van der Waals surface area contributed by atoms with Crippen LogP contribution in [0, 0.1) is 0 Å². The Labute approximate surface area is 97.9 Å². The van der Waals surface area contributed by atoms with Gasteiger partial charge in [0, 0.05) is 6.04 Å². The van der Waals surface area contributed by atoms with Crippen LogP contribution in [0.5, 0.6) is 0 Å². The van der Waals surface area contributed by atoms with E-state index in [-0.39, 0.29) is 11.8 Å². The molecule has 1 atom stereocenters. The van der Waals surface area contributed by atoms with E-state index in [1.807, 2.05) is 44.2 Å². The standard InChI is InChI=1S/C12H19NO2S/c1-3-9-16(14,15)13-11(2)10-12-7-5-4-6-8-12/h4-8,11,13H,3,9-10H2,1-2H3. The van der Waals surface area contributed by atoms with Crippen molar-refractivity contribution in [2.75, 3.05) is 5.75 Å². The maximum absolute atomic E-state index is 11.5. The van der Waals surface area contributed by atoms with Crippen LogP contribution in [0.4, 0.5) is 0 Å². The van der Waals surface area contributed by atoms with Crippen molar-refractivity contribution in [3.8, 4) is 0 Å². The smallest absolute Gasteiger partial charge is 0.211 e. The molecule has 16 heavy (non-hydrogen) atoms. The van der Waals surface area contributed by atoms with E-state index in [4.69, 9.17) is 0 Å². The molecule has 3 nitrogen and oxygen atoms in total. The quantitative estimate of drug-likeness (QED) is 0.827. The van der Waals surface area contributed by atoms with Crippen LogP contribution in [0.3, 0.4) is 0 Å². The summed E-state index contributed by atoms with van der Waals surface area (Å²) in [4.78, 5) is 0. The predicted octanol–water partition coefficient (Wildman–Crippen LogP) is 1.95. The van der Waals surface area contributed by atoms with Gasteiger partial charge in [0.25, 0.3) is 0 Å². The minimum absolute atomic E-state index is 0.0565. The van der Waals surface area contributed by atoms with Gasteiger partial charge in [-0.3, -0.25) is 0 Å². The van der Waals surface area contributed by atoms with Crippen LogP contribution < -0.4 is 4.72 Å². The van der Waals surface area contributed by atoms with Crippen LogP contribution in [-0.4, -0.2) is 20.2 Å². The molecule has 0 aliphatic heterocycles. The van der Waals surface area contributed by atoms with Gasteiger partial charge < -0.3 is 0 Å². The lowest BCUT2D eigenvalue weighted by Gasteiger charge is -2.13. The average Bonchev–Trinajstić information content (AvgIpc) is 2.17. The fourth-order valence-corrected chi connectivity index (χ4v) is 3.00. The minimum atomic E-state index is -3.10. The van der Waals surface area contributed by atoms with E-state index < -0.39 is 10.0 Å². The van der Waals surface area contributed by atoms with Gasteiger partial charge in [-0.2, -0.15) is 0 Å². The fraction of sp³-hybridized carbons (Fsp3) is 0.500. The third kappa shape index (κ3) is 4.77. The Kier molecular flexibility index (Phi) is 4.96. The summed E-state index contributed by atoms with van der Waals surface area (Å²) >= 11 is 0. The number of hydrogen-bond donors (Lipinski definition) is 1. The highest BCUT2D eigenvalue weighted by molar-refractivity contribution is 7.89. The van der Waals surface area contributed by atoms with Crippen molar-refractivity contribution < 1.29 is 8.42 Å². The highest BCUT2D eigenvalue weighted by atomic mass is 32.2. The topological polar surface area (TPSA) is 46.2 Å². The third-order valence-electron chi connectivity index (χ3n) is 2.24. The average molecular weight is 241 g/mol. The molecule has 0 aromatic heterocycles. The van der Waals surface area contributed by atoms with Crippen molar-refractivity contribution in [1.82, 2.24) is 4.72 Å². The molecule has 0 aliphatic rings. The molecule has 1 aromatic carbocycles. The van der Waals surface area contributed by atoms with Crippen molar-refractivity contribution >= 4 is 10.0 Å². The highest BCUT2D eigenvalue weighted by Crippen LogP contribution is 2.04. The first-order chi connectivity index (χ1) is 7.53. The summed E-state index contributed by atoms with van der Waals surface area (Å²) < 4.78 is 25.7. The number of sulfonamides is 1. The Bertz CT molecular complexity index is 400. The maximum atomic E-state index is 11.5. The van der Waals surface area contributed by atoms with Crippen LogP contribution in [0.25, 0.3) is 0 Å². The molecule has 4 heteroatoms. The zero-order chi connectivity index (χ0) is 12.0. The van der Waals surface area contributed by atoms with E-state index in [2.05, 4.69) is 4.72 Å². The van der Waals surface area contributed by atoms with Gasteiger partial charge in [0.15, 0.2) is 0 Å². The van der Waals surface area contributed by atoms with Crippen LogP contribution in [-0.2, 0) is 16.4 Å². The van der Waals surface area contributed by atoms with Gasteiger partial charge in [-0.15, -0.1) is 0 Å². The second-order valence-corrected chi connectivity index (χ2v) is 5.90. The molecule has 90 valence electrons. The molecule has 0 radical (unpaired) electrons. The lowest BCUT2D eigenvalue weighted by molar-refractivity contribution is 0.558. The van der Waals surface area contributed by atoms with Gasteiger partial charge in [-0.05, 0) is 25.3 Å². The van der Waals surface area contributed by atoms with E-state index in [0.717, 1.165) is 12.0 Å². The van der Waals surface area contributed by atoms with Gasteiger partial charge >= 0.3 is 0 Å². The molecule has 0 bridgehead atoms. The maximum Gasteiger partial charge on any atom is 0.211 e. The summed E-state index contributed by atoms with van der Waals surface area (Å²) in [6.07, 6.45) is 1.37. The van der Waals surface area contributed by atoms with Crippen molar-refractivity contribution in [3.63, 3.8) is 0 Å². The van der Waals surface area contributed by atoms with E-state index in [1.165, 1.54) is 0 Å². The third-order valence-corrected chi connectivity index (χ3v) is 3.95. The summed E-state index contributed by atoms with van der Waals surface area (Å²) in [6, 6.07) is 9.83. The molecule has 0 aliphatic carbocycles. The van der Waals surface area contributed by atoms with Crippen LogP contribution in [0.2, 0.25) is 0 Å². The molecule has 1 aromatic rings. The molecular formula is C12H19NO2S. The minimum Gasteiger partial charge on any atom is -0.212 e. The largest absolute Gasteiger partial charge is 0.212 e. The molecule has 0 saturated carbocycles. The summed E-state index contributed by atoms with van der Waals surface area (Å²) in [5.74, 6) is 0.201. The second-order valence-electron chi connectivity index (χ2n) is 4.03. The first kappa shape index (κ1) is 13.2. The Morgan fingerprint density at radius 2 is 1.88 bits per heavy atom. The van der Waals surface area contributed by atoms with Crippen molar-refractivity contribution in [3.05, 3.63) is 35.9 Å². The van der Waals surface area contributed by atoms with E-state index in [0.29, 0.717) is 6.42 Å². The molecule has 1 rings (SSSR count). The molecule has 0 saturated heterocycles. The molecule has 1 unspecified atom stereocenters. The lowest BCUT2D eigenvalue weighted by Crippen LogP contribution is -2.35. The zero-order valence-corrected chi connectivity index (χ0v) is 10.6. The number of benzene rings is 1. The van der Waals surface area contributed by atoms with Crippen molar-refractivity contribution in [2.45, 2.75) is 32.7 Å². The molecule has 1 N–H and O–H groups in total. The SMILES string of the molecule is CCCS(=O)(=O)NC(C)Cc1ccccc1. The Balaban J connectivity index is 2.51. The van der Waals surface area contributed by atoms with Crippen LogP contribution >= 0.6 is 0 Å². The summed E-state index contributed by atoms with van der Waals surface area (Å²) in [7, 11) is -3.10. The van der Waals surface area contributed by atoms with E-state index in [1.54, 1.807) is 0 Å². The highest BCUT2D eigenvalue weighted by Gasteiger charge is 2.13. The molecule has 0 amide bonds. The Morgan fingerprint density at radius 1 is 1.25 bits per heavy atom. The molecule has 0 heterocycles. The zero-order valence-electron chi connectivity index (χ0n) is 9.81. The molecule has 0 fully saturated rings. The normalized spacial score (nSPS) is 13.6. The molecular weight excluding hydrogens is 222 g/mol. The van der Waals surface area contributed by atoms with Crippen LogP contribution in [0.1, 0.15) is 25.8 Å². The lowest BCUT2D eigenvalue weighted by atomic mass is 10.1. The summed E-state index contributed by atoms with van der Waals surface area (Å²) in [5.41, 5.74) is 1.15. The van der Waals surface area contributed by atoms with E-state index in [9.17, 15) is 8.42 Å². The van der Waals surface area contributed by atoms with Gasteiger partial charge in [0.05, 0.1) is 5.75 Å². The molecule has 0 spiro atoms. The van der Waals surface area contributed by atoms with Gasteiger partial charge in [0.1, 0.15) is 0 Å². The fourth-order valence-electron chi connectivity index (χ4n) is 1.64. The Hall–Kier alpha value is -0.870. The number of nitrogens with one attached hydrogen (secondary N) is 1. The van der Waals surface area contributed by atoms with Crippen molar-refractivity contribution in [1.29, 1.82) is 0 Å². The summed E-state index contributed by atoms with van der Waals surface area (Å²) in [6.45, 7) is 3.75. The van der Waals surface area contributed by atoms with Crippen LogP contribution in [0.15, 0.2) is 30.3 Å². The number of rotatable bonds is 6. The predicted molar refractivity (Wildman–Crippen MR) is 66.8 cm³/mol. The second kappa shape index (κ2) is 6.01. The van der Waals surface area contributed by atoms with Gasteiger partial charge in [0.2, 0.25) is 10.0 Å². The van der Waals surface area contributed by atoms with Gasteiger partial charge in [-0.25, -0.2) is 13.1 Å². The van der Waals surface area contributed by atoms with Crippen molar-refractivity contribution in [2.24, 2.45) is 0 Å². The first-order valence-electron chi connectivity index (χ1n) is 5.57. The number of hydrogen-bond acceptors (Lipinski definition) is 2. The monoisotopic (exact) mass is 241 g/mol.